The lowest BCUT2D eigenvalue weighted by Gasteiger charge is -2.56. The summed E-state index contributed by atoms with van der Waals surface area (Å²) in [4.78, 5) is 12.6. The Morgan fingerprint density at radius 2 is 1.77 bits per heavy atom. The van der Waals surface area contributed by atoms with Crippen molar-refractivity contribution in [2.45, 2.75) is 51.9 Å². The van der Waals surface area contributed by atoms with Crippen molar-refractivity contribution >= 4 is 11.6 Å². The van der Waals surface area contributed by atoms with Gasteiger partial charge in [0, 0.05) is 17.7 Å². The molecule has 0 aromatic heterocycles. The molecule has 1 aromatic rings. The molecule has 3 heteroatoms. The average molecular weight is 299 g/mol. The van der Waals surface area contributed by atoms with Crippen LogP contribution >= 0.6 is 0 Å². The van der Waals surface area contributed by atoms with Crippen molar-refractivity contribution in [3.05, 3.63) is 23.8 Å². The van der Waals surface area contributed by atoms with Gasteiger partial charge >= 0.3 is 0 Å². The average Bonchev–Trinajstić information content (AvgIpc) is 2.41. The van der Waals surface area contributed by atoms with E-state index in [2.05, 4.69) is 5.32 Å². The first-order valence-electron chi connectivity index (χ1n) is 8.61. The molecule has 4 fully saturated rings. The van der Waals surface area contributed by atoms with E-state index in [4.69, 9.17) is 0 Å². The molecule has 4 bridgehead atoms. The molecule has 3 nitrogen and oxygen atoms in total. The number of phenolic OH excluding ortho intramolecular Hbond substituents is 1. The van der Waals surface area contributed by atoms with Crippen LogP contribution in [0.5, 0.6) is 5.75 Å². The highest BCUT2D eigenvalue weighted by Crippen LogP contribution is 2.61. The number of amides is 1. The van der Waals surface area contributed by atoms with Crippen LogP contribution < -0.4 is 5.32 Å². The molecule has 4 aliphatic rings. The Kier molecular flexibility index (Phi) is 3.21. The number of anilines is 1. The molecule has 22 heavy (non-hydrogen) atoms. The molecule has 0 unspecified atom stereocenters. The first-order valence-corrected chi connectivity index (χ1v) is 8.61. The summed E-state index contributed by atoms with van der Waals surface area (Å²) in [5, 5.41) is 12.8. The summed E-state index contributed by atoms with van der Waals surface area (Å²) in [7, 11) is 0. The Labute approximate surface area is 132 Å². The third-order valence-corrected chi connectivity index (χ3v) is 6.28. The quantitative estimate of drug-likeness (QED) is 0.876. The number of phenols is 1. The normalized spacial score (nSPS) is 35.6. The van der Waals surface area contributed by atoms with E-state index in [1.807, 2.05) is 13.0 Å². The summed E-state index contributed by atoms with van der Waals surface area (Å²) < 4.78 is 0. The zero-order valence-electron chi connectivity index (χ0n) is 13.3. The Balaban J connectivity index is 1.47. The van der Waals surface area contributed by atoms with Crippen LogP contribution in [0.15, 0.2) is 18.2 Å². The van der Waals surface area contributed by atoms with Crippen LogP contribution in [0.2, 0.25) is 0 Å². The molecule has 0 heterocycles. The second-order valence-corrected chi connectivity index (χ2v) is 8.09. The number of nitrogens with one attached hydrogen (secondary N) is 1. The molecule has 0 spiro atoms. The SMILES string of the molecule is Cc1c(O)cccc1NC(=O)CC12CC3CC(CC(C3)C1)C2. The van der Waals surface area contributed by atoms with Crippen LogP contribution in [0.3, 0.4) is 0 Å². The van der Waals surface area contributed by atoms with Crippen molar-refractivity contribution in [3.63, 3.8) is 0 Å². The molecular formula is C19H25NO2. The second kappa shape index (κ2) is 5.00. The number of benzene rings is 1. The van der Waals surface area contributed by atoms with E-state index in [1.54, 1.807) is 12.1 Å². The minimum absolute atomic E-state index is 0.121. The summed E-state index contributed by atoms with van der Waals surface area (Å²) >= 11 is 0. The van der Waals surface area contributed by atoms with Gasteiger partial charge in [0.1, 0.15) is 5.75 Å². The van der Waals surface area contributed by atoms with Crippen LogP contribution in [0.25, 0.3) is 0 Å². The molecule has 4 saturated carbocycles. The Hall–Kier alpha value is -1.51. The van der Waals surface area contributed by atoms with Crippen molar-refractivity contribution in [2.24, 2.45) is 23.2 Å². The van der Waals surface area contributed by atoms with Crippen LogP contribution in [0, 0.1) is 30.1 Å². The highest BCUT2D eigenvalue weighted by molar-refractivity contribution is 5.92. The maximum Gasteiger partial charge on any atom is 0.224 e. The summed E-state index contributed by atoms with van der Waals surface area (Å²) in [5.74, 6) is 2.99. The molecule has 2 N–H and O–H groups in total. The van der Waals surface area contributed by atoms with Gasteiger partial charge in [-0.2, -0.15) is 0 Å². The lowest BCUT2D eigenvalue weighted by Crippen LogP contribution is -2.47. The van der Waals surface area contributed by atoms with Crippen LogP contribution in [0.1, 0.15) is 50.5 Å². The van der Waals surface area contributed by atoms with Gasteiger partial charge in [-0.25, -0.2) is 0 Å². The van der Waals surface area contributed by atoms with Gasteiger partial charge in [0.05, 0.1) is 0 Å². The molecule has 0 atom stereocenters. The summed E-state index contributed by atoms with van der Waals surface area (Å²) in [5.41, 5.74) is 1.76. The van der Waals surface area contributed by atoms with Crippen molar-refractivity contribution in [1.29, 1.82) is 0 Å². The number of aromatic hydroxyl groups is 1. The van der Waals surface area contributed by atoms with Crippen LogP contribution in [-0.4, -0.2) is 11.0 Å². The molecule has 5 rings (SSSR count). The number of carbonyl (C=O) groups is 1. The van der Waals surface area contributed by atoms with Gasteiger partial charge in [-0.3, -0.25) is 4.79 Å². The third-order valence-electron chi connectivity index (χ3n) is 6.28. The minimum Gasteiger partial charge on any atom is -0.508 e. The van der Waals surface area contributed by atoms with Gasteiger partial charge in [0.2, 0.25) is 5.91 Å². The van der Waals surface area contributed by atoms with E-state index in [1.165, 1.54) is 38.5 Å². The zero-order chi connectivity index (χ0) is 15.3. The topological polar surface area (TPSA) is 49.3 Å². The largest absolute Gasteiger partial charge is 0.508 e. The molecule has 1 amide bonds. The lowest BCUT2D eigenvalue weighted by molar-refractivity contribution is -0.124. The Morgan fingerprint density at radius 1 is 1.18 bits per heavy atom. The number of rotatable bonds is 3. The fourth-order valence-electron chi connectivity index (χ4n) is 5.80. The lowest BCUT2D eigenvalue weighted by atomic mass is 9.49. The number of carbonyl (C=O) groups excluding carboxylic acids is 1. The Morgan fingerprint density at radius 3 is 2.36 bits per heavy atom. The number of hydrogen-bond acceptors (Lipinski definition) is 2. The van der Waals surface area contributed by atoms with Gasteiger partial charge in [-0.15, -0.1) is 0 Å². The van der Waals surface area contributed by atoms with E-state index in [0.29, 0.717) is 6.42 Å². The Bertz CT molecular complexity index is 572. The van der Waals surface area contributed by atoms with E-state index in [-0.39, 0.29) is 17.1 Å². The van der Waals surface area contributed by atoms with Crippen LogP contribution in [0.4, 0.5) is 5.69 Å². The van der Waals surface area contributed by atoms with E-state index in [0.717, 1.165) is 29.0 Å². The van der Waals surface area contributed by atoms with Gasteiger partial charge in [0.15, 0.2) is 0 Å². The van der Waals surface area contributed by atoms with Crippen molar-refractivity contribution in [1.82, 2.24) is 0 Å². The van der Waals surface area contributed by atoms with Crippen molar-refractivity contribution in [3.8, 4) is 5.75 Å². The van der Waals surface area contributed by atoms with Gasteiger partial charge in [0.25, 0.3) is 0 Å². The monoisotopic (exact) mass is 299 g/mol. The fourth-order valence-corrected chi connectivity index (χ4v) is 5.80. The molecule has 4 aliphatic carbocycles. The first kappa shape index (κ1) is 14.1. The predicted molar refractivity (Wildman–Crippen MR) is 86.7 cm³/mol. The highest BCUT2D eigenvalue weighted by atomic mass is 16.3. The van der Waals surface area contributed by atoms with Crippen LogP contribution in [-0.2, 0) is 4.79 Å². The predicted octanol–water partition coefficient (Wildman–Crippen LogP) is 4.25. The molecule has 0 radical (unpaired) electrons. The first-order chi connectivity index (χ1) is 10.5. The van der Waals surface area contributed by atoms with Gasteiger partial charge < -0.3 is 10.4 Å². The van der Waals surface area contributed by atoms with E-state index >= 15 is 0 Å². The molecule has 0 saturated heterocycles. The van der Waals surface area contributed by atoms with Crippen molar-refractivity contribution < 1.29 is 9.90 Å². The maximum atomic E-state index is 12.6. The third kappa shape index (κ3) is 2.41. The zero-order valence-corrected chi connectivity index (χ0v) is 13.3. The van der Waals surface area contributed by atoms with E-state index < -0.39 is 0 Å². The van der Waals surface area contributed by atoms with Gasteiger partial charge in [-0.05, 0) is 80.8 Å². The summed E-state index contributed by atoms with van der Waals surface area (Å²) in [6.45, 7) is 1.84. The standard InChI is InChI=1S/C19H25NO2/c1-12-16(3-2-4-17(12)21)20-18(22)11-19-8-13-5-14(9-19)7-15(6-13)10-19/h2-4,13-15,21H,5-11H2,1H3,(H,20,22). The fraction of sp³-hybridized carbons (Fsp3) is 0.632. The molecule has 0 aliphatic heterocycles. The maximum absolute atomic E-state index is 12.6. The summed E-state index contributed by atoms with van der Waals surface area (Å²) in [6, 6.07) is 5.30. The molecule has 1 aromatic carbocycles. The van der Waals surface area contributed by atoms with E-state index in [9.17, 15) is 9.90 Å². The van der Waals surface area contributed by atoms with Crippen molar-refractivity contribution in [2.75, 3.05) is 5.32 Å². The molecular weight excluding hydrogens is 274 g/mol. The smallest absolute Gasteiger partial charge is 0.224 e. The summed E-state index contributed by atoms with van der Waals surface area (Å²) in [6.07, 6.45) is 8.65. The molecule has 118 valence electrons. The second-order valence-electron chi connectivity index (χ2n) is 8.09. The highest BCUT2D eigenvalue weighted by Gasteiger charge is 2.51. The van der Waals surface area contributed by atoms with Gasteiger partial charge in [-0.1, -0.05) is 6.07 Å². The minimum atomic E-state index is 0.121. The number of hydrogen-bond donors (Lipinski definition) is 2.